The Balaban J connectivity index is 1.98. The van der Waals surface area contributed by atoms with Crippen LogP contribution in [-0.2, 0) is 16.4 Å². The molecule has 0 amide bonds. The average Bonchev–Trinajstić information content (AvgIpc) is 3.09. The Labute approximate surface area is 217 Å². The average molecular weight is 577 g/mol. The maximum absolute atomic E-state index is 14.5. The van der Waals surface area contributed by atoms with Gasteiger partial charge in [-0.1, -0.05) is 40.2 Å². The van der Waals surface area contributed by atoms with Gasteiger partial charge in [0.2, 0.25) is 0 Å². The fourth-order valence-corrected chi connectivity index (χ4v) is 5.54. The van der Waals surface area contributed by atoms with Crippen molar-refractivity contribution in [2.24, 2.45) is 0 Å². The van der Waals surface area contributed by atoms with Gasteiger partial charge in [-0.3, -0.25) is 9.13 Å². The van der Waals surface area contributed by atoms with E-state index in [1.165, 1.54) is 22.3 Å². The number of ether oxygens (including phenoxy) is 2. The van der Waals surface area contributed by atoms with Crippen LogP contribution in [0, 0.1) is 5.82 Å². The van der Waals surface area contributed by atoms with Gasteiger partial charge in [0.15, 0.2) is 11.5 Å². The van der Waals surface area contributed by atoms with Crippen molar-refractivity contribution in [3.63, 3.8) is 0 Å². The number of hydrogen-bond acceptors (Lipinski definition) is 5. The number of benzene rings is 3. The summed E-state index contributed by atoms with van der Waals surface area (Å²) < 4.78 is 54.3. The number of sulfone groups is 1. The highest BCUT2D eigenvalue weighted by Crippen LogP contribution is 2.33. The van der Waals surface area contributed by atoms with Crippen LogP contribution in [0.1, 0.15) is 24.1 Å². The first kappa shape index (κ1) is 26.0. The van der Waals surface area contributed by atoms with Gasteiger partial charge in [-0.15, -0.1) is 0 Å². The predicted molar refractivity (Wildman–Crippen MR) is 141 cm³/mol. The molecule has 1 heterocycles. The quantitative estimate of drug-likeness (QED) is 0.286. The van der Waals surface area contributed by atoms with Crippen LogP contribution < -0.4 is 15.2 Å². The summed E-state index contributed by atoms with van der Waals surface area (Å²) in [5.41, 5.74) is 1.55. The zero-order chi connectivity index (χ0) is 26.0. The number of fused-ring (bicyclic) bond motifs is 1. The van der Waals surface area contributed by atoms with Crippen molar-refractivity contribution in [2.75, 3.05) is 25.7 Å². The zero-order valence-electron chi connectivity index (χ0n) is 20.1. The Kier molecular flexibility index (Phi) is 7.56. The highest BCUT2D eigenvalue weighted by Gasteiger charge is 2.27. The minimum absolute atomic E-state index is 0.0101. The molecule has 4 aromatic rings. The van der Waals surface area contributed by atoms with Crippen LogP contribution >= 0.6 is 15.9 Å². The molecule has 0 spiro atoms. The van der Waals surface area contributed by atoms with Gasteiger partial charge in [0.05, 0.1) is 43.1 Å². The van der Waals surface area contributed by atoms with Gasteiger partial charge in [-0.25, -0.2) is 17.6 Å². The maximum atomic E-state index is 14.5. The van der Waals surface area contributed by atoms with Crippen LogP contribution in [0.5, 0.6) is 11.5 Å². The molecule has 7 nitrogen and oxygen atoms in total. The van der Waals surface area contributed by atoms with E-state index in [0.717, 1.165) is 10.7 Å². The largest absolute Gasteiger partial charge is 0.493 e. The van der Waals surface area contributed by atoms with Crippen molar-refractivity contribution in [3.8, 4) is 11.5 Å². The summed E-state index contributed by atoms with van der Waals surface area (Å²) >= 11 is 3.45. The van der Waals surface area contributed by atoms with Crippen LogP contribution in [-0.4, -0.2) is 43.3 Å². The number of halogens is 2. The van der Waals surface area contributed by atoms with Crippen molar-refractivity contribution in [1.29, 1.82) is 0 Å². The smallest absolute Gasteiger partial charge is 0.330 e. The minimum atomic E-state index is -3.52. The van der Waals surface area contributed by atoms with E-state index in [-0.39, 0.29) is 12.3 Å². The van der Waals surface area contributed by atoms with Crippen LogP contribution in [0.25, 0.3) is 11.0 Å². The van der Waals surface area contributed by atoms with E-state index in [1.807, 2.05) is 6.92 Å². The minimum Gasteiger partial charge on any atom is -0.493 e. The SMILES string of the molecule is CCOc1cc([C@H](CS(C)(=O)=O)n2c(=O)n(Cc3ccccc3F)c3cc(Br)ccc32)ccc1OC. The zero-order valence-corrected chi connectivity index (χ0v) is 22.5. The molecule has 10 heteroatoms. The summed E-state index contributed by atoms with van der Waals surface area (Å²) in [6.45, 7) is 2.20. The number of hydrogen-bond donors (Lipinski definition) is 0. The fraction of sp³-hybridized carbons (Fsp3) is 0.269. The summed E-state index contributed by atoms with van der Waals surface area (Å²) in [5.74, 6) is 0.197. The number of imidazole rings is 1. The van der Waals surface area contributed by atoms with Gasteiger partial charge in [0, 0.05) is 16.3 Å². The maximum Gasteiger partial charge on any atom is 0.330 e. The molecule has 0 saturated heterocycles. The fourth-order valence-electron chi connectivity index (χ4n) is 4.28. The highest BCUT2D eigenvalue weighted by molar-refractivity contribution is 9.10. The van der Waals surface area contributed by atoms with E-state index in [4.69, 9.17) is 9.47 Å². The number of aromatic nitrogens is 2. The molecular formula is C26H26BrFN2O5S. The van der Waals surface area contributed by atoms with Gasteiger partial charge >= 0.3 is 5.69 Å². The first-order valence-corrected chi connectivity index (χ1v) is 14.1. The lowest BCUT2D eigenvalue weighted by molar-refractivity contribution is 0.310. The van der Waals surface area contributed by atoms with Gasteiger partial charge < -0.3 is 9.47 Å². The second-order valence-electron chi connectivity index (χ2n) is 8.41. The van der Waals surface area contributed by atoms with Crippen molar-refractivity contribution in [3.05, 3.63) is 92.6 Å². The first-order valence-electron chi connectivity index (χ1n) is 11.2. The van der Waals surface area contributed by atoms with E-state index >= 15 is 0 Å². The number of rotatable bonds is 9. The third-order valence-corrected chi connectivity index (χ3v) is 7.27. The topological polar surface area (TPSA) is 79.5 Å². The molecule has 1 aromatic heterocycles. The molecule has 0 aliphatic rings. The third-order valence-electron chi connectivity index (χ3n) is 5.86. The summed E-state index contributed by atoms with van der Waals surface area (Å²) in [7, 11) is -2.00. The molecule has 0 unspecified atom stereocenters. The van der Waals surface area contributed by atoms with Crippen LogP contribution in [0.2, 0.25) is 0 Å². The highest BCUT2D eigenvalue weighted by atomic mass is 79.9. The Bertz CT molecular complexity index is 1580. The lowest BCUT2D eigenvalue weighted by Crippen LogP contribution is -2.32. The van der Waals surface area contributed by atoms with Crippen LogP contribution in [0.3, 0.4) is 0 Å². The molecule has 0 aliphatic carbocycles. The molecule has 0 radical (unpaired) electrons. The predicted octanol–water partition coefficient (Wildman–Crippen LogP) is 4.79. The molecule has 0 bridgehead atoms. The van der Waals surface area contributed by atoms with E-state index in [9.17, 15) is 17.6 Å². The summed E-state index contributed by atoms with van der Waals surface area (Å²) in [4.78, 5) is 13.9. The van der Waals surface area contributed by atoms with Gasteiger partial charge in [-0.2, -0.15) is 0 Å². The van der Waals surface area contributed by atoms with Gasteiger partial charge in [0.1, 0.15) is 15.7 Å². The van der Waals surface area contributed by atoms with Crippen molar-refractivity contribution in [1.82, 2.24) is 9.13 Å². The summed E-state index contributed by atoms with van der Waals surface area (Å²) in [6, 6.07) is 15.8. The molecule has 4 rings (SSSR count). The molecule has 0 N–H and O–H groups in total. The van der Waals surface area contributed by atoms with E-state index in [2.05, 4.69) is 15.9 Å². The standard InChI is InChI=1S/C26H26BrFN2O5S/c1-4-35-25-13-17(9-12-24(25)34-2)23(16-36(3,32)33)30-21-11-10-19(27)14-22(21)29(26(30)31)15-18-7-5-6-8-20(18)28/h5-14,23H,4,15-16H2,1-3H3/t23-/m0/s1. The van der Waals surface area contributed by atoms with Crippen molar-refractivity contribution < 1.29 is 22.3 Å². The molecule has 190 valence electrons. The third kappa shape index (κ3) is 5.34. The van der Waals surface area contributed by atoms with Crippen molar-refractivity contribution in [2.45, 2.75) is 19.5 Å². The van der Waals surface area contributed by atoms with Crippen molar-refractivity contribution >= 4 is 36.8 Å². The lowest BCUT2D eigenvalue weighted by atomic mass is 10.1. The Morgan fingerprint density at radius 1 is 1.03 bits per heavy atom. The van der Waals surface area contributed by atoms with Gasteiger partial charge in [-0.05, 0) is 48.9 Å². The summed E-state index contributed by atoms with van der Waals surface area (Å²) in [5, 5.41) is 0. The molecule has 36 heavy (non-hydrogen) atoms. The first-order chi connectivity index (χ1) is 17.1. The molecule has 0 saturated carbocycles. The van der Waals surface area contributed by atoms with E-state index in [1.54, 1.807) is 54.6 Å². The Morgan fingerprint density at radius 3 is 2.44 bits per heavy atom. The normalized spacial score (nSPS) is 12.6. The molecule has 1 atom stereocenters. The summed E-state index contributed by atoms with van der Waals surface area (Å²) in [6.07, 6.45) is 1.13. The Morgan fingerprint density at radius 2 is 1.78 bits per heavy atom. The molecule has 0 fully saturated rings. The molecule has 0 aliphatic heterocycles. The Hall–Kier alpha value is -3.11. The number of methoxy groups -OCH3 is 1. The van der Waals surface area contributed by atoms with Crippen LogP contribution in [0.4, 0.5) is 4.39 Å². The number of nitrogens with zero attached hydrogens (tertiary/aromatic N) is 2. The molecular weight excluding hydrogens is 551 g/mol. The monoisotopic (exact) mass is 576 g/mol. The van der Waals surface area contributed by atoms with Crippen LogP contribution in [0.15, 0.2) is 69.9 Å². The second kappa shape index (κ2) is 10.5. The molecule has 3 aromatic carbocycles. The van der Waals surface area contributed by atoms with E-state index in [0.29, 0.717) is 40.3 Å². The van der Waals surface area contributed by atoms with Gasteiger partial charge in [0.25, 0.3) is 0 Å². The second-order valence-corrected chi connectivity index (χ2v) is 11.5. The van der Waals surface area contributed by atoms with E-state index < -0.39 is 27.4 Å². The lowest BCUT2D eigenvalue weighted by Gasteiger charge is -2.20.